The van der Waals surface area contributed by atoms with Gasteiger partial charge in [-0.2, -0.15) is 0 Å². The number of benzene rings is 3. The lowest BCUT2D eigenvalue weighted by atomic mass is 10.0. The van der Waals surface area contributed by atoms with E-state index in [1.165, 1.54) is 23.4 Å². The van der Waals surface area contributed by atoms with Gasteiger partial charge in [-0.05, 0) is 30.5 Å². The maximum atomic E-state index is 14.6. The van der Waals surface area contributed by atoms with Crippen LogP contribution in [0.2, 0.25) is 0 Å². The number of unbranched alkanes of at least 4 members (excludes halogenated alkanes) is 1. The molecule has 0 spiro atoms. The molecule has 3 aromatic rings. The van der Waals surface area contributed by atoms with Crippen molar-refractivity contribution in [2.45, 2.75) is 51.4 Å². The second-order valence-corrected chi connectivity index (χ2v) is 9.93. The average molecular weight is 507 g/mol. The minimum Gasteiger partial charge on any atom is -0.354 e. The standard InChI is InChI=1S/C30H35FN2O2S/c1-3-4-18-32-30(35)28(19-24-10-6-5-7-11-24)33(20-26-12-8-9-13-27(26)31)29(34)22-36-21-25-16-14-23(2)15-17-25/h5-17,28H,3-4,18-22H2,1-2H3,(H,32,35)/t28-/m0/s1. The molecule has 190 valence electrons. The highest BCUT2D eigenvalue weighted by molar-refractivity contribution is 7.99. The van der Waals surface area contributed by atoms with E-state index in [9.17, 15) is 14.0 Å². The van der Waals surface area contributed by atoms with Crippen molar-refractivity contribution >= 4 is 23.6 Å². The number of nitrogens with zero attached hydrogens (tertiary/aromatic N) is 1. The number of nitrogens with one attached hydrogen (secondary N) is 1. The highest BCUT2D eigenvalue weighted by atomic mass is 32.2. The molecule has 0 aromatic heterocycles. The molecule has 3 rings (SSSR count). The monoisotopic (exact) mass is 506 g/mol. The van der Waals surface area contributed by atoms with Gasteiger partial charge in [-0.25, -0.2) is 4.39 Å². The number of hydrogen-bond donors (Lipinski definition) is 1. The Hall–Kier alpha value is -3.12. The molecule has 0 aliphatic carbocycles. The predicted molar refractivity (Wildman–Crippen MR) is 146 cm³/mol. The molecule has 6 heteroatoms. The van der Waals surface area contributed by atoms with Gasteiger partial charge in [0.2, 0.25) is 11.8 Å². The summed E-state index contributed by atoms with van der Waals surface area (Å²) in [6.45, 7) is 4.69. The molecular formula is C30H35FN2O2S. The van der Waals surface area contributed by atoms with Crippen LogP contribution in [-0.2, 0) is 28.3 Å². The number of rotatable bonds is 13. The summed E-state index contributed by atoms with van der Waals surface area (Å²) < 4.78 is 14.6. The second-order valence-electron chi connectivity index (χ2n) is 8.94. The molecule has 0 aliphatic rings. The molecule has 0 heterocycles. The van der Waals surface area contributed by atoms with Crippen molar-refractivity contribution in [3.63, 3.8) is 0 Å². The van der Waals surface area contributed by atoms with Gasteiger partial charge in [0.1, 0.15) is 11.9 Å². The van der Waals surface area contributed by atoms with Gasteiger partial charge in [0.25, 0.3) is 0 Å². The number of aryl methyl sites for hydroxylation is 1. The van der Waals surface area contributed by atoms with Gasteiger partial charge in [-0.1, -0.05) is 91.7 Å². The Bertz CT molecular complexity index is 1110. The summed E-state index contributed by atoms with van der Waals surface area (Å²) in [6, 6.07) is 23.6. The zero-order valence-corrected chi connectivity index (χ0v) is 21.9. The molecule has 2 amide bonds. The van der Waals surface area contributed by atoms with Crippen LogP contribution < -0.4 is 5.32 Å². The molecule has 1 atom stereocenters. The van der Waals surface area contributed by atoms with E-state index in [2.05, 4.69) is 36.5 Å². The lowest BCUT2D eigenvalue weighted by Gasteiger charge is -2.31. The third-order valence-corrected chi connectivity index (χ3v) is 7.00. The molecule has 0 bridgehead atoms. The highest BCUT2D eigenvalue weighted by Gasteiger charge is 2.30. The van der Waals surface area contributed by atoms with Gasteiger partial charge in [0, 0.05) is 30.8 Å². The molecule has 0 radical (unpaired) electrons. The third kappa shape index (κ3) is 8.52. The second kappa shape index (κ2) is 14.4. The summed E-state index contributed by atoms with van der Waals surface area (Å²) in [5.74, 6) is 0.122. The van der Waals surface area contributed by atoms with Crippen LogP contribution in [0.25, 0.3) is 0 Å². The Balaban J connectivity index is 1.83. The topological polar surface area (TPSA) is 49.4 Å². The Morgan fingerprint density at radius 1 is 0.944 bits per heavy atom. The van der Waals surface area contributed by atoms with Crippen LogP contribution in [-0.4, -0.2) is 35.1 Å². The van der Waals surface area contributed by atoms with E-state index >= 15 is 0 Å². The van der Waals surface area contributed by atoms with Gasteiger partial charge >= 0.3 is 0 Å². The molecule has 0 saturated carbocycles. The zero-order valence-electron chi connectivity index (χ0n) is 21.1. The molecule has 0 aliphatic heterocycles. The molecular weight excluding hydrogens is 471 g/mol. The first-order chi connectivity index (χ1) is 17.5. The smallest absolute Gasteiger partial charge is 0.243 e. The van der Waals surface area contributed by atoms with Crippen molar-refractivity contribution in [3.8, 4) is 0 Å². The summed E-state index contributed by atoms with van der Waals surface area (Å²) in [6.07, 6.45) is 2.18. The Morgan fingerprint density at radius 2 is 1.64 bits per heavy atom. The van der Waals surface area contributed by atoms with E-state index < -0.39 is 6.04 Å². The Labute approximate surface area is 218 Å². The first kappa shape index (κ1) is 27.5. The van der Waals surface area contributed by atoms with Crippen LogP contribution in [0.5, 0.6) is 0 Å². The lowest BCUT2D eigenvalue weighted by Crippen LogP contribution is -2.51. The molecule has 0 saturated heterocycles. The number of thioether (sulfide) groups is 1. The van der Waals surface area contributed by atoms with Crippen LogP contribution >= 0.6 is 11.8 Å². The summed E-state index contributed by atoms with van der Waals surface area (Å²) in [7, 11) is 0. The molecule has 4 nitrogen and oxygen atoms in total. The number of hydrogen-bond acceptors (Lipinski definition) is 3. The summed E-state index contributed by atoms with van der Waals surface area (Å²) in [4.78, 5) is 28.5. The van der Waals surface area contributed by atoms with E-state index in [1.54, 1.807) is 23.1 Å². The van der Waals surface area contributed by atoms with E-state index in [1.807, 2.05) is 37.3 Å². The van der Waals surface area contributed by atoms with Crippen LogP contribution in [0.1, 0.15) is 42.0 Å². The molecule has 1 N–H and O–H groups in total. The first-order valence-electron chi connectivity index (χ1n) is 12.5. The number of halogens is 1. The van der Waals surface area contributed by atoms with Crippen molar-refractivity contribution in [2.24, 2.45) is 0 Å². The van der Waals surface area contributed by atoms with E-state index in [0.717, 1.165) is 24.0 Å². The number of carbonyl (C=O) groups is 2. The molecule has 3 aromatic carbocycles. The minimum atomic E-state index is -0.740. The summed E-state index contributed by atoms with van der Waals surface area (Å²) >= 11 is 1.50. The molecule has 0 fully saturated rings. The van der Waals surface area contributed by atoms with Crippen molar-refractivity contribution in [3.05, 3.63) is 107 Å². The van der Waals surface area contributed by atoms with Gasteiger partial charge in [-0.15, -0.1) is 11.8 Å². The Kier molecular flexibility index (Phi) is 11.0. The maximum Gasteiger partial charge on any atom is 0.243 e. The predicted octanol–water partition coefficient (Wildman–Crippen LogP) is 5.92. The van der Waals surface area contributed by atoms with Crippen LogP contribution in [0.15, 0.2) is 78.9 Å². The van der Waals surface area contributed by atoms with Gasteiger partial charge in [0.15, 0.2) is 0 Å². The number of amides is 2. The first-order valence-corrected chi connectivity index (χ1v) is 13.6. The van der Waals surface area contributed by atoms with E-state index in [4.69, 9.17) is 0 Å². The largest absolute Gasteiger partial charge is 0.354 e. The van der Waals surface area contributed by atoms with Crippen LogP contribution in [0, 0.1) is 12.7 Å². The molecule has 0 unspecified atom stereocenters. The fourth-order valence-corrected chi connectivity index (χ4v) is 4.76. The summed E-state index contributed by atoms with van der Waals surface area (Å²) in [5.41, 5.74) is 3.67. The quantitative estimate of drug-likeness (QED) is 0.293. The third-order valence-electron chi connectivity index (χ3n) is 6.01. The average Bonchev–Trinajstić information content (AvgIpc) is 2.89. The Morgan fingerprint density at radius 3 is 2.33 bits per heavy atom. The van der Waals surface area contributed by atoms with E-state index in [-0.39, 0.29) is 29.9 Å². The normalized spacial score (nSPS) is 11.6. The van der Waals surface area contributed by atoms with Crippen molar-refractivity contribution < 1.29 is 14.0 Å². The van der Waals surface area contributed by atoms with Gasteiger partial charge in [-0.3, -0.25) is 9.59 Å². The fraction of sp³-hybridized carbons (Fsp3) is 0.333. The summed E-state index contributed by atoms with van der Waals surface area (Å²) in [5, 5.41) is 2.99. The van der Waals surface area contributed by atoms with Crippen molar-refractivity contribution in [2.75, 3.05) is 12.3 Å². The highest BCUT2D eigenvalue weighted by Crippen LogP contribution is 2.20. The number of carbonyl (C=O) groups excluding carboxylic acids is 2. The fourth-order valence-electron chi connectivity index (χ4n) is 3.89. The molecule has 36 heavy (non-hydrogen) atoms. The van der Waals surface area contributed by atoms with Crippen molar-refractivity contribution in [1.29, 1.82) is 0 Å². The van der Waals surface area contributed by atoms with Gasteiger partial charge < -0.3 is 10.2 Å². The zero-order chi connectivity index (χ0) is 25.8. The van der Waals surface area contributed by atoms with Crippen LogP contribution in [0.3, 0.4) is 0 Å². The SMILES string of the molecule is CCCCNC(=O)[C@H](Cc1ccccc1)N(Cc1ccccc1F)C(=O)CSCc1ccc(C)cc1. The van der Waals surface area contributed by atoms with E-state index in [0.29, 0.717) is 24.3 Å². The van der Waals surface area contributed by atoms with Crippen molar-refractivity contribution in [1.82, 2.24) is 10.2 Å². The van der Waals surface area contributed by atoms with Gasteiger partial charge in [0.05, 0.1) is 5.75 Å². The van der Waals surface area contributed by atoms with Crippen LogP contribution in [0.4, 0.5) is 4.39 Å². The minimum absolute atomic E-state index is 0.0370. The lowest BCUT2D eigenvalue weighted by molar-refractivity contribution is -0.139. The maximum absolute atomic E-state index is 14.6.